The Kier molecular flexibility index (Phi) is 5.10. The summed E-state index contributed by atoms with van der Waals surface area (Å²) in [4.78, 5) is 0. The van der Waals surface area contributed by atoms with Crippen LogP contribution in [0, 0.1) is 3.57 Å². The molecule has 1 unspecified atom stereocenters. The van der Waals surface area contributed by atoms with Gasteiger partial charge in [-0.25, -0.2) is 0 Å². The zero-order chi connectivity index (χ0) is 15.5. The average Bonchev–Trinajstić information content (AvgIpc) is 2.40. The van der Waals surface area contributed by atoms with Gasteiger partial charge in [0.1, 0.15) is 5.75 Å². The highest BCUT2D eigenvalue weighted by atomic mass is 127. The molecule has 2 rings (SSSR count). The fraction of sp³-hybridized carbons (Fsp3) is 0.200. The van der Waals surface area contributed by atoms with Crippen LogP contribution in [-0.4, -0.2) is 11.5 Å². The van der Waals surface area contributed by atoms with Crippen LogP contribution < -0.4 is 4.74 Å². The number of para-hydroxylation sites is 1. The normalized spacial score (nSPS) is 13.0. The minimum absolute atomic E-state index is 0.119. The van der Waals surface area contributed by atoms with E-state index in [9.17, 15) is 18.3 Å². The lowest BCUT2D eigenvalue weighted by Crippen LogP contribution is -2.19. The van der Waals surface area contributed by atoms with Crippen molar-refractivity contribution < 1.29 is 23.0 Å². The number of hydrogen-bond donors (Lipinski definition) is 1. The first kappa shape index (κ1) is 16.1. The van der Waals surface area contributed by atoms with E-state index in [1.165, 1.54) is 18.2 Å². The summed E-state index contributed by atoms with van der Waals surface area (Å²) in [7, 11) is 0. The topological polar surface area (TPSA) is 29.5 Å². The second-order valence-electron chi connectivity index (χ2n) is 4.43. The SMILES string of the molecule is OC(Cc1ccc(I)cc1)c1ccccc1OC(F)(F)F. The van der Waals surface area contributed by atoms with E-state index in [1.807, 2.05) is 24.3 Å². The summed E-state index contributed by atoms with van der Waals surface area (Å²) in [6, 6.07) is 13.0. The minimum Gasteiger partial charge on any atom is -0.405 e. The van der Waals surface area contributed by atoms with Gasteiger partial charge in [0.2, 0.25) is 0 Å². The summed E-state index contributed by atoms with van der Waals surface area (Å²) in [5.74, 6) is -0.372. The predicted molar refractivity (Wildman–Crippen MR) is 80.9 cm³/mol. The molecule has 0 radical (unpaired) electrons. The standard InChI is InChI=1S/C15H12F3IO2/c16-15(17,18)21-14-4-2-1-3-12(14)13(20)9-10-5-7-11(19)8-6-10/h1-8,13,20H,9H2. The van der Waals surface area contributed by atoms with Crippen LogP contribution in [-0.2, 0) is 6.42 Å². The van der Waals surface area contributed by atoms with Crippen LogP contribution in [0.4, 0.5) is 13.2 Å². The van der Waals surface area contributed by atoms with Crippen molar-refractivity contribution in [1.29, 1.82) is 0 Å². The van der Waals surface area contributed by atoms with Crippen LogP contribution in [0.25, 0.3) is 0 Å². The highest BCUT2D eigenvalue weighted by Gasteiger charge is 2.32. The van der Waals surface area contributed by atoms with E-state index in [0.717, 1.165) is 9.13 Å². The van der Waals surface area contributed by atoms with E-state index < -0.39 is 12.5 Å². The van der Waals surface area contributed by atoms with Crippen molar-refractivity contribution in [2.75, 3.05) is 0 Å². The van der Waals surface area contributed by atoms with Crippen LogP contribution in [0.3, 0.4) is 0 Å². The third-order valence-corrected chi connectivity index (χ3v) is 3.57. The first-order valence-corrected chi connectivity index (χ1v) is 7.20. The molecule has 6 heteroatoms. The first-order valence-electron chi connectivity index (χ1n) is 6.12. The van der Waals surface area contributed by atoms with Crippen LogP contribution in [0.5, 0.6) is 5.75 Å². The summed E-state index contributed by atoms with van der Waals surface area (Å²) in [5.41, 5.74) is 0.957. The van der Waals surface area contributed by atoms with Crippen molar-refractivity contribution in [2.24, 2.45) is 0 Å². The van der Waals surface area contributed by atoms with Gasteiger partial charge in [0, 0.05) is 15.6 Å². The van der Waals surface area contributed by atoms with Crippen molar-refractivity contribution in [3.05, 3.63) is 63.2 Å². The Labute approximate surface area is 133 Å². The number of hydrogen-bond acceptors (Lipinski definition) is 2. The average molecular weight is 408 g/mol. The van der Waals surface area contributed by atoms with Gasteiger partial charge in [0.15, 0.2) is 0 Å². The van der Waals surface area contributed by atoms with Crippen LogP contribution in [0.15, 0.2) is 48.5 Å². The molecule has 21 heavy (non-hydrogen) atoms. The molecular formula is C15H12F3IO2. The van der Waals surface area contributed by atoms with Gasteiger partial charge in [0.05, 0.1) is 6.10 Å². The second-order valence-corrected chi connectivity index (χ2v) is 5.68. The van der Waals surface area contributed by atoms with Crippen molar-refractivity contribution in [2.45, 2.75) is 18.9 Å². The number of halogens is 4. The number of rotatable bonds is 4. The molecule has 0 aliphatic rings. The molecule has 0 aliphatic carbocycles. The third kappa shape index (κ3) is 4.89. The largest absolute Gasteiger partial charge is 0.573 e. The van der Waals surface area contributed by atoms with Crippen molar-refractivity contribution >= 4 is 22.6 Å². The Hall–Kier alpha value is -1.28. The highest BCUT2D eigenvalue weighted by molar-refractivity contribution is 14.1. The van der Waals surface area contributed by atoms with Crippen molar-refractivity contribution in [1.82, 2.24) is 0 Å². The lowest BCUT2D eigenvalue weighted by molar-refractivity contribution is -0.275. The monoisotopic (exact) mass is 408 g/mol. The third-order valence-electron chi connectivity index (χ3n) is 2.85. The Morgan fingerprint density at radius 3 is 2.29 bits per heavy atom. The van der Waals surface area contributed by atoms with E-state index >= 15 is 0 Å². The van der Waals surface area contributed by atoms with E-state index in [-0.39, 0.29) is 17.7 Å². The Morgan fingerprint density at radius 2 is 1.67 bits per heavy atom. The summed E-state index contributed by atoms with van der Waals surface area (Å²) in [6.07, 6.45) is -5.63. The second kappa shape index (κ2) is 6.65. The molecule has 0 bridgehead atoms. The molecule has 0 heterocycles. The molecule has 0 spiro atoms. The van der Waals surface area contributed by atoms with E-state index in [0.29, 0.717) is 0 Å². The molecule has 2 nitrogen and oxygen atoms in total. The summed E-state index contributed by atoms with van der Waals surface area (Å²) in [5, 5.41) is 10.2. The predicted octanol–water partition coefficient (Wildman–Crippen LogP) is 4.47. The van der Waals surface area contributed by atoms with Gasteiger partial charge in [-0.3, -0.25) is 0 Å². The zero-order valence-corrected chi connectivity index (χ0v) is 12.9. The number of aliphatic hydroxyl groups is 1. The van der Waals surface area contributed by atoms with E-state index in [4.69, 9.17) is 0 Å². The minimum atomic E-state index is -4.78. The molecule has 0 aromatic heterocycles. The molecule has 2 aromatic rings. The molecule has 0 aliphatic heterocycles. The fourth-order valence-electron chi connectivity index (χ4n) is 1.93. The molecule has 1 atom stereocenters. The van der Waals surface area contributed by atoms with E-state index in [1.54, 1.807) is 6.07 Å². The number of ether oxygens (including phenoxy) is 1. The van der Waals surface area contributed by atoms with Crippen LogP contribution in [0.1, 0.15) is 17.2 Å². The van der Waals surface area contributed by atoms with Crippen molar-refractivity contribution in [3.63, 3.8) is 0 Å². The van der Waals surface area contributed by atoms with Gasteiger partial charge in [-0.1, -0.05) is 30.3 Å². The summed E-state index contributed by atoms with van der Waals surface area (Å²) < 4.78 is 42.1. The summed E-state index contributed by atoms with van der Waals surface area (Å²) >= 11 is 2.15. The molecular weight excluding hydrogens is 396 g/mol. The van der Waals surface area contributed by atoms with Gasteiger partial charge in [-0.15, -0.1) is 13.2 Å². The lowest BCUT2D eigenvalue weighted by atomic mass is 10.0. The molecule has 0 fully saturated rings. The molecule has 2 aromatic carbocycles. The maximum Gasteiger partial charge on any atom is 0.573 e. The molecule has 0 saturated carbocycles. The molecule has 0 saturated heterocycles. The Bertz CT molecular complexity index is 597. The molecule has 0 amide bonds. The molecule has 1 N–H and O–H groups in total. The maximum absolute atomic E-state index is 12.4. The van der Waals surface area contributed by atoms with Gasteiger partial charge in [0.25, 0.3) is 0 Å². The maximum atomic E-state index is 12.4. The van der Waals surface area contributed by atoms with Gasteiger partial charge in [-0.2, -0.15) is 0 Å². The van der Waals surface area contributed by atoms with Crippen molar-refractivity contribution in [3.8, 4) is 5.75 Å². The summed E-state index contributed by atoms with van der Waals surface area (Å²) in [6.45, 7) is 0. The van der Waals surface area contributed by atoms with E-state index in [2.05, 4.69) is 27.3 Å². The fourth-order valence-corrected chi connectivity index (χ4v) is 2.29. The quantitative estimate of drug-likeness (QED) is 0.757. The van der Waals surface area contributed by atoms with Gasteiger partial charge >= 0.3 is 6.36 Å². The number of aliphatic hydroxyl groups excluding tert-OH is 1. The lowest BCUT2D eigenvalue weighted by Gasteiger charge is -2.17. The number of benzene rings is 2. The Balaban J connectivity index is 2.18. The van der Waals surface area contributed by atoms with Crippen LogP contribution in [0.2, 0.25) is 0 Å². The highest BCUT2D eigenvalue weighted by Crippen LogP contribution is 2.31. The smallest absolute Gasteiger partial charge is 0.405 e. The Morgan fingerprint density at radius 1 is 1.05 bits per heavy atom. The number of alkyl halides is 3. The van der Waals surface area contributed by atoms with Crippen LogP contribution >= 0.6 is 22.6 Å². The zero-order valence-electron chi connectivity index (χ0n) is 10.8. The first-order chi connectivity index (χ1) is 9.85. The van der Waals surface area contributed by atoms with Gasteiger partial charge < -0.3 is 9.84 Å². The molecule has 112 valence electrons. The van der Waals surface area contributed by atoms with Gasteiger partial charge in [-0.05, 0) is 46.4 Å².